The summed E-state index contributed by atoms with van der Waals surface area (Å²) in [5.41, 5.74) is 0. The quantitative estimate of drug-likeness (QED) is 0.715. The lowest BCUT2D eigenvalue weighted by molar-refractivity contribution is 0.282. The molecule has 2 N–H and O–H groups in total. The second-order valence-electron chi connectivity index (χ2n) is 5.54. The second kappa shape index (κ2) is 8.93. The Morgan fingerprint density at radius 2 is 1.95 bits per heavy atom. The van der Waals surface area contributed by atoms with Crippen LogP contribution >= 0.6 is 0 Å². The molecule has 2 rings (SSSR count). The topological polar surface area (TPSA) is 48.4 Å². The number of aromatic nitrogens is 1. The summed E-state index contributed by atoms with van der Waals surface area (Å²) in [6.07, 6.45) is 8.81. The van der Waals surface area contributed by atoms with Crippen LogP contribution in [0.15, 0.2) is 24.4 Å². The van der Waals surface area contributed by atoms with Crippen LogP contribution in [0.5, 0.6) is 0 Å². The molecule has 0 aliphatic carbocycles. The molecular formula is C16H27N3O. The molecule has 1 aliphatic heterocycles. The molecule has 0 radical (unpaired) electrons. The molecule has 0 atom stereocenters. The molecule has 20 heavy (non-hydrogen) atoms. The maximum Gasteiger partial charge on any atom is 0.128 e. The summed E-state index contributed by atoms with van der Waals surface area (Å²) < 4.78 is 0. The van der Waals surface area contributed by atoms with E-state index in [-0.39, 0.29) is 0 Å². The molecule has 0 aromatic carbocycles. The molecule has 1 fully saturated rings. The molecule has 0 bridgehead atoms. The lowest BCUT2D eigenvalue weighted by Crippen LogP contribution is -2.43. The molecule has 1 aliphatic rings. The summed E-state index contributed by atoms with van der Waals surface area (Å²) in [5, 5.41) is 12.4. The average Bonchev–Trinajstić information content (AvgIpc) is 2.52. The molecule has 1 aromatic rings. The lowest BCUT2D eigenvalue weighted by atomic mass is 10.0. The molecule has 4 nitrogen and oxygen atoms in total. The number of hydrogen-bond donors (Lipinski definition) is 2. The SMILES string of the molecule is OCCCCCCNC1CCN(c2ccccn2)CC1. The zero-order valence-electron chi connectivity index (χ0n) is 12.3. The predicted molar refractivity (Wildman–Crippen MR) is 83.0 cm³/mol. The first-order valence-corrected chi connectivity index (χ1v) is 7.90. The first kappa shape index (κ1) is 15.3. The highest BCUT2D eigenvalue weighted by Gasteiger charge is 2.19. The maximum absolute atomic E-state index is 8.72. The number of aliphatic hydroxyl groups is 1. The van der Waals surface area contributed by atoms with E-state index in [1.165, 1.54) is 25.7 Å². The van der Waals surface area contributed by atoms with E-state index < -0.39 is 0 Å². The fraction of sp³-hybridized carbons (Fsp3) is 0.688. The van der Waals surface area contributed by atoms with Gasteiger partial charge in [-0.25, -0.2) is 4.98 Å². The Morgan fingerprint density at radius 1 is 1.15 bits per heavy atom. The normalized spacial score (nSPS) is 16.6. The first-order chi connectivity index (χ1) is 9.90. The van der Waals surface area contributed by atoms with Crippen LogP contribution in [-0.4, -0.2) is 42.4 Å². The van der Waals surface area contributed by atoms with Crippen LogP contribution in [-0.2, 0) is 0 Å². The summed E-state index contributed by atoms with van der Waals surface area (Å²) in [4.78, 5) is 6.79. The van der Waals surface area contributed by atoms with E-state index in [0.29, 0.717) is 12.6 Å². The van der Waals surface area contributed by atoms with Gasteiger partial charge < -0.3 is 15.3 Å². The van der Waals surface area contributed by atoms with E-state index >= 15 is 0 Å². The molecule has 0 saturated carbocycles. The smallest absolute Gasteiger partial charge is 0.128 e. The highest BCUT2D eigenvalue weighted by Crippen LogP contribution is 2.17. The first-order valence-electron chi connectivity index (χ1n) is 7.90. The van der Waals surface area contributed by atoms with Gasteiger partial charge in [-0.3, -0.25) is 0 Å². The van der Waals surface area contributed by atoms with Crippen LogP contribution in [0.3, 0.4) is 0 Å². The van der Waals surface area contributed by atoms with Crippen molar-refractivity contribution < 1.29 is 5.11 Å². The van der Waals surface area contributed by atoms with Crippen molar-refractivity contribution in [1.29, 1.82) is 0 Å². The third-order valence-electron chi connectivity index (χ3n) is 3.99. The Hall–Kier alpha value is -1.13. The van der Waals surface area contributed by atoms with Gasteiger partial charge in [0.05, 0.1) is 0 Å². The van der Waals surface area contributed by atoms with Crippen molar-refractivity contribution in [1.82, 2.24) is 10.3 Å². The Kier molecular flexibility index (Phi) is 6.81. The summed E-state index contributed by atoms with van der Waals surface area (Å²) in [7, 11) is 0. The van der Waals surface area contributed by atoms with Gasteiger partial charge in [-0.15, -0.1) is 0 Å². The molecule has 0 amide bonds. The molecular weight excluding hydrogens is 250 g/mol. The fourth-order valence-corrected chi connectivity index (χ4v) is 2.75. The third kappa shape index (κ3) is 5.10. The van der Waals surface area contributed by atoms with Crippen molar-refractivity contribution in [3.63, 3.8) is 0 Å². The Morgan fingerprint density at radius 3 is 2.65 bits per heavy atom. The minimum absolute atomic E-state index is 0.333. The van der Waals surface area contributed by atoms with Crippen LogP contribution in [0.4, 0.5) is 5.82 Å². The van der Waals surface area contributed by atoms with Gasteiger partial charge in [0.2, 0.25) is 0 Å². The second-order valence-corrected chi connectivity index (χ2v) is 5.54. The molecule has 1 saturated heterocycles. The van der Waals surface area contributed by atoms with Gasteiger partial charge in [-0.2, -0.15) is 0 Å². The number of anilines is 1. The summed E-state index contributed by atoms with van der Waals surface area (Å²) in [6, 6.07) is 6.77. The monoisotopic (exact) mass is 277 g/mol. The Labute approximate surface area is 122 Å². The maximum atomic E-state index is 8.72. The van der Waals surface area contributed by atoms with Crippen molar-refractivity contribution in [2.75, 3.05) is 31.1 Å². The molecule has 4 heteroatoms. The lowest BCUT2D eigenvalue weighted by Gasteiger charge is -2.33. The van der Waals surface area contributed by atoms with Crippen molar-refractivity contribution in [2.45, 2.75) is 44.6 Å². The number of nitrogens with one attached hydrogen (secondary N) is 1. The van der Waals surface area contributed by atoms with Crippen LogP contribution in [0.25, 0.3) is 0 Å². The number of unbranched alkanes of at least 4 members (excludes halogenated alkanes) is 3. The van der Waals surface area contributed by atoms with Gasteiger partial charge in [-0.05, 0) is 44.4 Å². The van der Waals surface area contributed by atoms with Crippen molar-refractivity contribution in [3.8, 4) is 0 Å². The molecule has 0 spiro atoms. The minimum Gasteiger partial charge on any atom is -0.396 e. The number of piperidine rings is 1. The largest absolute Gasteiger partial charge is 0.396 e. The van der Waals surface area contributed by atoms with E-state index in [1.54, 1.807) is 0 Å². The number of aliphatic hydroxyl groups excluding tert-OH is 1. The number of rotatable bonds is 8. The van der Waals surface area contributed by atoms with E-state index in [1.807, 2.05) is 12.3 Å². The van der Waals surface area contributed by atoms with E-state index in [4.69, 9.17) is 5.11 Å². The standard InChI is InChI=1S/C16H27N3O/c20-14-6-2-1-4-10-17-15-8-12-19(13-9-15)16-7-3-5-11-18-16/h3,5,7,11,15,17,20H,1-2,4,6,8-10,12-14H2. The van der Waals surface area contributed by atoms with Crippen molar-refractivity contribution in [3.05, 3.63) is 24.4 Å². The van der Waals surface area contributed by atoms with Gasteiger partial charge >= 0.3 is 0 Å². The zero-order chi connectivity index (χ0) is 14.0. The number of pyridine rings is 1. The highest BCUT2D eigenvalue weighted by molar-refractivity contribution is 5.38. The molecule has 112 valence electrons. The van der Waals surface area contributed by atoms with Gasteiger partial charge in [0.1, 0.15) is 5.82 Å². The van der Waals surface area contributed by atoms with Crippen LogP contribution < -0.4 is 10.2 Å². The van der Waals surface area contributed by atoms with Crippen molar-refractivity contribution >= 4 is 5.82 Å². The average molecular weight is 277 g/mol. The Balaban J connectivity index is 1.58. The Bertz CT molecular complexity index is 350. The minimum atomic E-state index is 0.333. The predicted octanol–water partition coefficient (Wildman–Crippen LogP) is 2.19. The van der Waals surface area contributed by atoms with E-state index in [9.17, 15) is 0 Å². The van der Waals surface area contributed by atoms with E-state index in [0.717, 1.165) is 38.3 Å². The van der Waals surface area contributed by atoms with E-state index in [2.05, 4.69) is 27.3 Å². The fourth-order valence-electron chi connectivity index (χ4n) is 2.75. The zero-order valence-corrected chi connectivity index (χ0v) is 12.3. The van der Waals surface area contributed by atoms with Crippen LogP contribution in [0, 0.1) is 0 Å². The summed E-state index contributed by atoms with van der Waals surface area (Å²) >= 11 is 0. The van der Waals surface area contributed by atoms with Gasteiger partial charge in [-0.1, -0.05) is 18.9 Å². The van der Waals surface area contributed by atoms with Crippen LogP contribution in [0.2, 0.25) is 0 Å². The van der Waals surface area contributed by atoms with Gasteiger partial charge in [0.15, 0.2) is 0 Å². The number of hydrogen-bond acceptors (Lipinski definition) is 4. The van der Waals surface area contributed by atoms with Crippen LogP contribution in [0.1, 0.15) is 38.5 Å². The highest BCUT2D eigenvalue weighted by atomic mass is 16.2. The van der Waals surface area contributed by atoms with Crippen molar-refractivity contribution in [2.24, 2.45) is 0 Å². The third-order valence-corrected chi connectivity index (χ3v) is 3.99. The summed E-state index contributed by atoms with van der Waals surface area (Å²) in [5.74, 6) is 1.11. The van der Waals surface area contributed by atoms with Gasteiger partial charge in [0.25, 0.3) is 0 Å². The number of nitrogens with zero attached hydrogens (tertiary/aromatic N) is 2. The molecule has 0 unspecified atom stereocenters. The summed E-state index contributed by atoms with van der Waals surface area (Å²) in [6.45, 7) is 3.64. The molecule has 1 aromatic heterocycles. The van der Waals surface area contributed by atoms with Gasteiger partial charge in [0, 0.05) is 31.9 Å². The molecule has 2 heterocycles.